The van der Waals surface area contributed by atoms with Crippen LogP contribution in [0.2, 0.25) is 0 Å². The number of aryl methyl sites for hydroxylation is 1. The highest BCUT2D eigenvalue weighted by Gasteiger charge is 2.47. The van der Waals surface area contributed by atoms with Crippen LogP contribution in [0.25, 0.3) is 33.6 Å². The second-order valence-corrected chi connectivity index (χ2v) is 10.6. The van der Waals surface area contributed by atoms with E-state index >= 15 is 4.39 Å². The van der Waals surface area contributed by atoms with Gasteiger partial charge in [0.25, 0.3) is 5.91 Å². The van der Waals surface area contributed by atoms with E-state index in [1.165, 1.54) is 0 Å². The van der Waals surface area contributed by atoms with Crippen LogP contribution in [-0.2, 0) is 13.6 Å². The van der Waals surface area contributed by atoms with Gasteiger partial charge in [0.05, 0.1) is 18.0 Å². The normalized spacial score (nSPS) is 23.3. The van der Waals surface area contributed by atoms with Crippen molar-refractivity contribution in [1.29, 1.82) is 0 Å². The highest BCUT2D eigenvalue weighted by Crippen LogP contribution is 2.40. The summed E-state index contributed by atoms with van der Waals surface area (Å²) in [5.74, 6) is 1.55. The van der Waals surface area contributed by atoms with Gasteiger partial charge in [-0.1, -0.05) is 0 Å². The standard InChI is InChI=1S/C27H29FN6O2/c1-32-23-18(10-16(11-20(23)36-2)27(35)33-13-15-7-8-19(33)22(15)29)31-26(32)24-21(28)17-4-3-9-30-25(17)34(24)12-14-5-6-14/h3-4,9-11,14-15,19,22H,5-8,12-13,29H2,1-2H3/t15-,19-,22-/m1/s1. The minimum absolute atomic E-state index is 0.0472. The Morgan fingerprint density at radius 1 is 1.25 bits per heavy atom. The van der Waals surface area contributed by atoms with Crippen LogP contribution in [0.15, 0.2) is 30.5 Å². The molecule has 2 bridgehead atoms. The molecule has 0 unspecified atom stereocenters. The van der Waals surface area contributed by atoms with Crippen LogP contribution in [0.4, 0.5) is 4.39 Å². The molecule has 1 aliphatic heterocycles. The Balaban J connectivity index is 1.37. The van der Waals surface area contributed by atoms with Gasteiger partial charge in [-0.2, -0.15) is 0 Å². The van der Waals surface area contributed by atoms with Gasteiger partial charge in [-0.3, -0.25) is 4.79 Å². The molecule has 1 amide bonds. The molecule has 3 aliphatic rings. The molecule has 1 saturated heterocycles. The van der Waals surface area contributed by atoms with Gasteiger partial charge in [-0.05, 0) is 61.8 Å². The third-order valence-electron chi connectivity index (χ3n) is 8.42. The quantitative estimate of drug-likeness (QED) is 0.463. The number of ether oxygens (including phenoxy) is 1. The van der Waals surface area contributed by atoms with Crippen molar-refractivity contribution in [1.82, 2.24) is 24.0 Å². The maximum Gasteiger partial charge on any atom is 0.254 e. The lowest BCUT2D eigenvalue weighted by Gasteiger charge is -2.27. The number of methoxy groups -OCH3 is 1. The van der Waals surface area contributed by atoms with E-state index in [9.17, 15) is 4.79 Å². The molecule has 8 nitrogen and oxygen atoms in total. The van der Waals surface area contributed by atoms with E-state index in [0.717, 1.165) is 31.2 Å². The van der Waals surface area contributed by atoms with E-state index in [4.69, 9.17) is 15.5 Å². The summed E-state index contributed by atoms with van der Waals surface area (Å²) < 4.78 is 25.4. The van der Waals surface area contributed by atoms with Crippen LogP contribution in [0.1, 0.15) is 36.0 Å². The number of imidazole rings is 1. The van der Waals surface area contributed by atoms with Crippen molar-refractivity contribution in [3.05, 3.63) is 41.8 Å². The number of nitrogens with zero attached hydrogens (tertiary/aromatic N) is 5. The number of rotatable bonds is 5. The van der Waals surface area contributed by atoms with Gasteiger partial charge in [0, 0.05) is 44.0 Å². The number of benzene rings is 1. The van der Waals surface area contributed by atoms with Crippen molar-refractivity contribution in [3.63, 3.8) is 0 Å². The summed E-state index contributed by atoms with van der Waals surface area (Å²) in [6, 6.07) is 7.22. The summed E-state index contributed by atoms with van der Waals surface area (Å²) in [7, 11) is 3.44. The number of hydrogen-bond acceptors (Lipinski definition) is 5. The number of carbonyl (C=O) groups excluding carboxylic acids is 1. The van der Waals surface area contributed by atoms with Gasteiger partial charge in [0.2, 0.25) is 0 Å². The van der Waals surface area contributed by atoms with Crippen molar-refractivity contribution >= 4 is 28.0 Å². The predicted octanol–water partition coefficient (Wildman–Crippen LogP) is 3.71. The van der Waals surface area contributed by atoms with Gasteiger partial charge in [-0.15, -0.1) is 0 Å². The number of likely N-dealkylation sites (tertiary alicyclic amines) is 1. The molecule has 3 aromatic heterocycles. The molecule has 7 rings (SSSR count). The number of pyridine rings is 1. The number of amides is 1. The first-order valence-electron chi connectivity index (χ1n) is 12.7. The largest absolute Gasteiger partial charge is 0.494 e. The number of carbonyl (C=O) groups is 1. The Kier molecular flexibility index (Phi) is 4.70. The Hall–Kier alpha value is -3.46. The molecule has 3 atom stereocenters. The third-order valence-corrected chi connectivity index (χ3v) is 8.42. The fraction of sp³-hybridized carbons (Fsp3) is 0.444. The zero-order valence-electron chi connectivity index (χ0n) is 20.4. The fourth-order valence-electron chi connectivity index (χ4n) is 6.34. The fourth-order valence-corrected chi connectivity index (χ4v) is 6.34. The molecule has 2 saturated carbocycles. The Morgan fingerprint density at radius 2 is 2.08 bits per heavy atom. The summed E-state index contributed by atoms with van der Waals surface area (Å²) in [6.07, 6.45) is 6.00. The molecule has 9 heteroatoms. The Morgan fingerprint density at radius 3 is 2.78 bits per heavy atom. The molecule has 4 aromatic rings. The minimum atomic E-state index is -0.325. The molecule has 2 aliphatic carbocycles. The summed E-state index contributed by atoms with van der Waals surface area (Å²) >= 11 is 0. The smallest absolute Gasteiger partial charge is 0.254 e. The zero-order valence-corrected chi connectivity index (χ0v) is 20.4. The van der Waals surface area contributed by atoms with Crippen molar-refractivity contribution in [3.8, 4) is 17.3 Å². The highest BCUT2D eigenvalue weighted by atomic mass is 19.1. The van der Waals surface area contributed by atoms with Crippen LogP contribution in [0, 0.1) is 17.7 Å². The van der Waals surface area contributed by atoms with E-state index in [0.29, 0.717) is 64.3 Å². The summed E-state index contributed by atoms with van der Waals surface area (Å²) in [5, 5.41) is 0.489. The average molecular weight is 489 g/mol. The van der Waals surface area contributed by atoms with Crippen LogP contribution >= 0.6 is 0 Å². The average Bonchev–Trinajstić information content (AvgIpc) is 3.37. The number of hydrogen-bond donors (Lipinski definition) is 1. The van der Waals surface area contributed by atoms with Crippen molar-refractivity contribution < 1.29 is 13.9 Å². The lowest BCUT2D eigenvalue weighted by molar-refractivity contribution is 0.0700. The lowest BCUT2D eigenvalue weighted by Crippen LogP contribution is -2.41. The topological polar surface area (TPSA) is 91.2 Å². The van der Waals surface area contributed by atoms with Crippen molar-refractivity contribution in [2.75, 3.05) is 13.7 Å². The number of nitrogens with two attached hydrogens (primary N) is 1. The van der Waals surface area contributed by atoms with Gasteiger partial charge in [0.15, 0.2) is 11.6 Å². The summed E-state index contributed by atoms with van der Waals surface area (Å²) in [4.78, 5) is 24.8. The molecule has 0 radical (unpaired) electrons. The summed E-state index contributed by atoms with van der Waals surface area (Å²) in [6.45, 7) is 1.40. The first-order chi connectivity index (χ1) is 17.5. The molecule has 1 aromatic carbocycles. The maximum atomic E-state index is 15.9. The molecule has 0 spiro atoms. The molecule has 2 N–H and O–H groups in total. The third kappa shape index (κ3) is 3.05. The van der Waals surface area contributed by atoms with Crippen LogP contribution in [-0.4, -0.2) is 55.6 Å². The second kappa shape index (κ2) is 7.77. The predicted molar refractivity (Wildman–Crippen MR) is 134 cm³/mol. The van der Waals surface area contributed by atoms with Crippen LogP contribution in [0.5, 0.6) is 5.75 Å². The van der Waals surface area contributed by atoms with E-state index < -0.39 is 0 Å². The monoisotopic (exact) mass is 488 g/mol. The SMILES string of the molecule is COc1cc(C(=O)N2C[C@H]3CC[C@@H]2[C@@H]3N)cc2nc(-c3c(F)c4cccnc4n3CC3CC3)n(C)c12. The molecular weight excluding hydrogens is 459 g/mol. The van der Waals surface area contributed by atoms with Gasteiger partial charge >= 0.3 is 0 Å². The number of aromatic nitrogens is 4. The molecule has 186 valence electrons. The first-order valence-corrected chi connectivity index (χ1v) is 12.7. The van der Waals surface area contributed by atoms with Gasteiger partial charge in [0.1, 0.15) is 22.6 Å². The van der Waals surface area contributed by atoms with E-state index in [1.54, 1.807) is 37.6 Å². The van der Waals surface area contributed by atoms with E-state index in [-0.39, 0.29) is 23.8 Å². The van der Waals surface area contributed by atoms with E-state index in [2.05, 4.69) is 4.98 Å². The van der Waals surface area contributed by atoms with Crippen molar-refractivity contribution in [2.24, 2.45) is 24.6 Å². The first kappa shape index (κ1) is 21.8. The molecule has 3 fully saturated rings. The Labute approximate surface area is 207 Å². The van der Waals surface area contributed by atoms with E-state index in [1.807, 2.05) is 21.1 Å². The Bertz CT molecular complexity index is 1540. The van der Waals surface area contributed by atoms with Crippen LogP contribution in [0.3, 0.4) is 0 Å². The van der Waals surface area contributed by atoms with Gasteiger partial charge in [-0.25, -0.2) is 14.4 Å². The number of fused-ring (bicyclic) bond motifs is 4. The zero-order chi connectivity index (χ0) is 24.7. The molecular formula is C27H29FN6O2. The lowest BCUT2D eigenvalue weighted by atomic mass is 10.1. The second-order valence-electron chi connectivity index (χ2n) is 10.6. The molecule has 36 heavy (non-hydrogen) atoms. The van der Waals surface area contributed by atoms with Crippen LogP contribution < -0.4 is 10.5 Å². The number of piperidine rings is 1. The maximum absolute atomic E-state index is 15.9. The number of halogens is 1. The van der Waals surface area contributed by atoms with Gasteiger partial charge < -0.3 is 24.5 Å². The van der Waals surface area contributed by atoms with Crippen molar-refractivity contribution in [2.45, 2.75) is 44.3 Å². The molecule has 4 heterocycles. The summed E-state index contributed by atoms with van der Waals surface area (Å²) in [5.41, 5.74) is 9.24. The minimum Gasteiger partial charge on any atom is -0.494 e. The highest BCUT2D eigenvalue weighted by molar-refractivity contribution is 6.00.